The molecule has 2 rings (SSSR count). The Labute approximate surface area is 166 Å². The number of imide groups is 1. The zero-order valence-electron chi connectivity index (χ0n) is 14.3. The number of hydrogen-bond donors (Lipinski definition) is 2. The monoisotopic (exact) mass is 489 g/mol. The second-order valence-corrected chi connectivity index (χ2v) is 7.97. The molecule has 0 bridgehead atoms. The van der Waals surface area contributed by atoms with Crippen molar-refractivity contribution in [2.45, 2.75) is 26.3 Å². The maximum absolute atomic E-state index is 12.0. The summed E-state index contributed by atoms with van der Waals surface area (Å²) in [6.45, 7) is 3.87. The molecular weight excluding hydrogens is 474 g/mol. The van der Waals surface area contributed by atoms with E-state index in [4.69, 9.17) is 4.74 Å². The number of amides is 4. The normalized spacial score (nSPS) is 15.7. The predicted molar refractivity (Wildman–Crippen MR) is 100 cm³/mol. The van der Waals surface area contributed by atoms with Crippen LogP contribution in [0.2, 0.25) is 0 Å². The number of halogens is 2. The molecule has 0 radical (unpaired) electrons. The molecule has 4 amide bonds. The third-order valence-electron chi connectivity index (χ3n) is 3.55. The van der Waals surface area contributed by atoms with Gasteiger partial charge in [0.25, 0.3) is 11.8 Å². The fourth-order valence-electron chi connectivity index (χ4n) is 2.28. The van der Waals surface area contributed by atoms with Gasteiger partial charge in [0.1, 0.15) is 12.1 Å². The molecule has 0 aliphatic carbocycles. The maximum Gasteiger partial charge on any atom is 0.326 e. The average molecular weight is 491 g/mol. The van der Waals surface area contributed by atoms with Crippen molar-refractivity contribution < 1.29 is 23.9 Å². The topological polar surface area (TPSA) is 105 Å². The predicted octanol–water partition coefficient (Wildman–Crippen LogP) is 2.33. The maximum atomic E-state index is 12.0. The number of nitrogens with one attached hydrogen (secondary N) is 2. The summed E-state index contributed by atoms with van der Waals surface area (Å²) in [4.78, 5) is 48.3. The summed E-state index contributed by atoms with van der Waals surface area (Å²) in [6, 6.07) is 2.98. The number of nitrogens with zero attached hydrogens (tertiary/aromatic N) is 1. The quantitative estimate of drug-likeness (QED) is 0.486. The lowest BCUT2D eigenvalue weighted by Crippen LogP contribution is -2.41. The third kappa shape index (κ3) is 4.61. The van der Waals surface area contributed by atoms with Gasteiger partial charge in [0.05, 0.1) is 5.69 Å². The first-order valence-corrected chi connectivity index (χ1v) is 9.15. The van der Waals surface area contributed by atoms with Crippen LogP contribution in [0.3, 0.4) is 0 Å². The summed E-state index contributed by atoms with van der Waals surface area (Å²) in [7, 11) is 0. The van der Waals surface area contributed by atoms with E-state index in [0.29, 0.717) is 14.6 Å². The lowest BCUT2D eigenvalue weighted by atomic mass is 10.1. The molecule has 2 N–H and O–H groups in total. The van der Waals surface area contributed by atoms with Crippen LogP contribution in [0.1, 0.15) is 19.4 Å². The van der Waals surface area contributed by atoms with E-state index in [2.05, 4.69) is 42.5 Å². The number of carbonyl (C=O) groups excluding carboxylic acids is 4. The number of carbonyl (C=O) groups is 4. The molecule has 1 aliphatic heterocycles. The van der Waals surface area contributed by atoms with Gasteiger partial charge in [-0.25, -0.2) is 4.79 Å². The molecule has 140 valence electrons. The van der Waals surface area contributed by atoms with Crippen LogP contribution >= 0.6 is 31.9 Å². The second-order valence-electron chi connectivity index (χ2n) is 6.26. The van der Waals surface area contributed by atoms with Gasteiger partial charge in [-0.1, -0.05) is 0 Å². The minimum atomic E-state index is -1.07. The molecule has 26 heavy (non-hydrogen) atoms. The standard InChI is InChI=1S/C16H17Br2N3O5/c1-8-4-9(17)13(10(18)5-8)19-11(22)7-26-12(23)6-21-14(24)16(2,3)20-15(21)25/h4-5H,6-7H2,1-3H3,(H,19,22)(H,20,25). The van der Waals surface area contributed by atoms with Crippen LogP contribution in [0.25, 0.3) is 0 Å². The molecule has 0 aromatic heterocycles. The number of urea groups is 1. The first-order valence-electron chi connectivity index (χ1n) is 7.56. The van der Waals surface area contributed by atoms with E-state index in [0.717, 1.165) is 10.5 Å². The van der Waals surface area contributed by atoms with Crippen LogP contribution < -0.4 is 10.6 Å². The highest BCUT2D eigenvalue weighted by Gasteiger charge is 2.45. The van der Waals surface area contributed by atoms with Gasteiger partial charge in [0.2, 0.25) is 0 Å². The van der Waals surface area contributed by atoms with Gasteiger partial charge in [-0.05, 0) is 70.3 Å². The highest BCUT2D eigenvalue weighted by molar-refractivity contribution is 9.11. The molecular formula is C16H17Br2N3O5. The van der Waals surface area contributed by atoms with Crippen LogP contribution in [0.5, 0.6) is 0 Å². The van der Waals surface area contributed by atoms with Crippen LogP contribution in [-0.4, -0.2) is 47.4 Å². The third-order valence-corrected chi connectivity index (χ3v) is 4.80. The minimum absolute atomic E-state index is 0.507. The molecule has 1 heterocycles. The highest BCUT2D eigenvalue weighted by atomic mass is 79.9. The van der Waals surface area contributed by atoms with E-state index in [1.165, 1.54) is 13.8 Å². The smallest absolute Gasteiger partial charge is 0.326 e. The Balaban J connectivity index is 1.89. The van der Waals surface area contributed by atoms with Crippen LogP contribution in [0.4, 0.5) is 10.5 Å². The molecule has 10 heteroatoms. The van der Waals surface area contributed by atoms with Crippen LogP contribution in [0.15, 0.2) is 21.1 Å². The Kier molecular flexibility index (Phi) is 6.07. The Morgan fingerprint density at radius 2 is 1.81 bits per heavy atom. The largest absolute Gasteiger partial charge is 0.454 e. The van der Waals surface area contributed by atoms with Crippen LogP contribution in [-0.2, 0) is 19.1 Å². The van der Waals surface area contributed by atoms with Crippen molar-refractivity contribution in [3.8, 4) is 0 Å². The number of ether oxygens (including phenoxy) is 1. The first-order chi connectivity index (χ1) is 12.0. The molecule has 1 aromatic carbocycles. The van der Waals surface area contributed by atoms with Crippen molar-refractivity contribution in [3.63, 3.8) is 0 Å². The molecule has 0 spiro atoms. The number of rotatable bonds is 5. The molecule has 0 unspecified atom stereocenters. The summed E-state index contributed by atoms with van der Waals surface area (Å²) in [5.74, 6) is -1.94. The Morgan fingerprint density at radius 3 is 2.31 bits per heavy atom. The summed E-state index contributed by atoms with van der Waals surface area (Å²) in [6.07, 6.45) is 0. The van der Waals surface area contributed by atoms with Gasteiger partial charge < -0.3 is 15.4 Å². The van der Waals surface area contributed by atoms with E-state index in [-0.39, 0.29) is 0 Å². The van der Waals surface area contributed by atoms with Crippen LogP contribution in [0, 0.1) is 6.92 Å². The minimum Gasteiger partial charge on any atom is -0.454 e. The van der Waals surface area contributed by atoms with E-state index >= 15 is 0 Å². The Morgan fingerprint density at radius 1 is 1.23 bits per heavy atom. The van der Waals surface area contributed by atoms with Gasteiger partial charge in [-0.15, -0.1) is 0 Å². The SMILES string of the molecule is Cc1cc(Br)c(NC(=O)COC(=O)CN2C(=O)NC(C)(C)C2=O)c(Br)c1. The molecule has 1 aromatic rings. The van der Waals surface area contributed by atoms with Crippen molar-refractivity contribution in [1.29, 1.82) is 0 Å². The van der Waals surface area contributed by atoms with Gasteiger partial charge >= 0.3 is 12.0 Å². The van der Waals surface area contributed by atoms with Crippen molar-refractivity contribution in [2.24, 2.45) is 0 Å². The molecule has 0 atom stereocenters. The Hall–Kier alpha value is -1.94. The van der Waals surface area contributed by atoms with Gasteiger partial charge in [0, 0.05) is 8.95 Å². The number of aryl methyl sites for hydroxylation is 1. The van der Waals surface area contributed by atoms with Gasteiger partial charge in [0.15, 0.2) is 6.61 Å². The molecule has 8 nitrogen and oxygen atoms in total. The van der Waals surface area contributed by atoms with Gasteiger partial charge in [-0.2, -0.15) is 0 Å². The van der Waals surface area contributed by atoms with Crippen molar-refractivity contribution in [2.75, 3.05) is 18.5 Å². The second kappa shape index (κ2) is 7.75. The molecule has 1 saturated heterocycles. The molecule has 1 fully saturated rings. The number of hydrogen-bond acceptors (Lipinski definition) is 5. The average Bonchev–Trinajstić information content (AvgIpc) is 2.70. The zero-order valence-corrected chi connectivity index (χ0v) is 17.5. The molecule has 0 saturated carbocycles. The lowest BCUT2D eigenvalue weighted by molar-refractivity contribution is -0.150. The summed E-state index contributed by atoms with van der Waals surface area (Å²) in [5.41, 5.74) is 0.427. The van der Waals surface area contributed by atoms with Crippen molar-refractivity contribution in [3.05, 3.63) is 26.6 Å². The van der Waals surface area contributed by atoms with E-state index in [9.17, 15) is 19.2 Å². The summed E-state index contributed by atoms with van der Waals surface area (Å²) in [5, 5.41) is 5.07. The zero-order chi connectivity index (χ0) is 19.6. The van der Waals surface area contributed by atoms with Crippen molar-refractivity contribution >= 4 is 61.4 Å². The summed E-state index contributed by atoms with van der Waals surface area (Å²) >= 11 is 6.70. The molecule has 1 aliphatic rings. The fourth-order valence-corrected chi connectivity index (χ4v) is 3.89. The number of benzene rings is 1. The summed E-state index contributed by atoms with van der Waals surface area (Å²) < 4.78 is 6.19. The number of anilines is 1. The van der Waals surface area contributed by atoms with E-state index in [1.807, 2.05) is 19.1 Å². The highest BCUT2D eigenvalue weighted by Crippen LogP contribution is 2.32. The fraction of sp³-hybridized carbons (Fsp3) is 0.375. The number of esters is 1. The lowest BCUT2D eigenvalue weighted by Gasteiger charge is -2.15. The van der Waals surface area contributed by atoms with E-state index < -0.39 is 42.5 Å². The van der Waals surface area contributed by atoms with Crippen molar-refractivity contribution in [1.82, 2.24) is 10.2 Å². The Bertz CT molecular complexity index is 771. The van der Waals surface area contributed by atoms with E-state index in [1.54, 1.807) is 0 Å². The van der Waals surface area contributed by atoms with Gasteiger partial charge in [-0.3, -0.25) is 19.3 Å². The first kappa shape index (κ1) is 20.4.